The third-order valence-electron chi connectivity index (χ3n) is 3.90. The molecule has 25 heavy (non-hydrogen) atoms. The molecule has 2 amide bonds. The summed E-state index contributed by atoms with van der Waals surface area (Å²) in [4.78, 5) is 27.0. The maximum absolute atomic E-state index is 14.1. The number of halogens is 1. The van der Waals surface area contributed by atoms with Gasteiger partial charge in [0.25, 0.3) is 11.8 Å². The number of hydrogen-bond acceptors (Lipinski definition) is 2. The first kappa shape index (κ1) is 16.5. The fourth-order valence-corrected chi connectivity index (χ4v) is 2.72. The Balaban J connectivity index is 1.81. The molecule has 1 aromatic carbocycles. The van der Waals surface area contributed by atoms with Crippen LogP contribution in [0.1, 0.15) is 32.2 Å². The molecule has 7 heteroatoms. The molecule has 0 spiro atoms. The van der Waals surface area contributed by atoms with Gasteiger partial charge < -0.3 is 9.55 Å². The highest BCUT2D eigenvalue weighted by Crippen LogP contribution is 2.22. The van der Waals surface area contributed by atoms with E-state index in [0.717, 1.165) is 0 Å². The molecule has 3 N–H and O–H groups in total. The molecule has 0 fully saturated rings. The zero-order chi connectivity index (χ0) is 18.0. The van der Waals surface area contributed by atoms with Gasteiger partial charge in [0.15, 0.2) is 0 Å². The lowest BCUT2D eigenvalue weighted by atomic mass is 10.2. The van der Waals surface area contributed by atoms with Gasteiger partial charge in [0.05, 0.1) is 11.3 Å². The fraction of sp³-hybridized carbons (Fsp3) is 0.111. The van der Waals surface area contributed by atoms with E-state index >= 15 is 0 Å². The van der Waals surface area contributed by atoms with Crippen LogP contribution >= 0.6 is 0 Å². The van der Waals surface area contributed by atoms with Crippen molar-refractivity contribution < 1.29 is 14.0 Å². The first-order chi connectivity index (χ1) is 12.0. The lowest BCUT2D eigenvalue weighted by Gasteiger charge is -2.11. The van der Waals surface area contributed by atoms with Crippen LogP contribution < -0.4 is 10.9 Å². The fourth-order valence-electron chi connectivity index (χ4n) is 2.72. The highest BCUT2D eigenvalue weighted by Gasteiger charge is 2.19. The molecule has 6 nitrogen and oxygen atoms in total. The third kappa shape index (κ3) is 3.16. The van der Waals surface area contributed by atoms with Crippen molar-refractivity contribution in [1.29, 1.82) is 0 Å². The van der Waals surface area contributed by atoms with Gasteiger partial charge in [-0.05, 0) is 44.2 Å². The third-order valence-corrected chi connectivity index (χ3v) is 3.90. The summed E-state index contributed by atoms with van der Waals surface area (Å²) in [5.41, 5.74) is 7.05. The molecule has 3 aromatic rings. The average molecular weight is 340 g/mol. The van der Waals surface area contributed by atoms with E-state index in [1.54, 1.807) is 61.0 Å². The number of benzene rings is 1. The highest BCUT2D eigenvalue weighted by atomic mass is 19.1. The molecule has 0 saturated carbocycles. The molecule has 0 saturated heterocycles. The number of rotatable bonds is 3. The van der Waals surface area contributed by atoms with E-state index in [-0.39, 0.29) is 5.82 Å². The predicted molar refractivity (Wildman–Crippen MR) is 90.9 cm³/mol. The topological polar surface area (TPSA) is 78.9 Å². The van der Waals surface area contributed by atoms with Crippen molar-refractivity contribution in [2.75, 3.05) is 0 Å². The van der Waals surface area contributed by atoms with Crippen molar-refractivity contribution in [3.05, 3.63) is 77.1 Å². The van der Waals surface area contributed by atoms with Gasteiger partial charge in [-0.25, -0.2) is 4.39 Å². The number of aromatic amines is 1. The van der Waals surface area contributed by atoms with Crippen LogP contribution in [0.25, 0.3) is 5.69 Å². The summed E-state index contributed by atoms with van der Waals surface area (Å²) in [6.45, 7) is 3.51. The number of para-hydroxylation sites is 1. The quantitative estimate of drug-likeness (QED) is 0.641. The number of H-pyrrole nitrogens is 1. The van der Waals surface area contributed by atoms with Crippen LogP contribution in [0.2, 0.25) is 0 Å². The maximum Gasteiger partial charge on any atom is 0.286 e. The van der Waals surface area contributed by atoms with Crippen LogP contribution in [-0.2, 0) is 0 Å². The van der Waals surface area contributed by atoms with Crippen molar-refractivity contribution in [3.8, 4) is 5.69 Å². The summed E-state index contributed by atoms with van der Waals surface area (Å²) >= 11 is 0. The number of nitrogens with zero attached hydrogens (tertiary/aromatic N) is 1. The van der Waals surface area contributed by atoms with E-state index in [4.69, 9.17) is 0 Å². The Bertz CT molecular complexity index is 929. The summed E-state index contributed by atoms with van der Waals surface area (Å²) in [5, 5.41) is 0. The smallest absolute Gasteiger partial charge is 0.286 e. The van der Waals surface area contributed by atoms with Crippen molar-refractivity contribution >= 4 is 11.8 Å². The summed E-state index contributed by atoms with van der Waals surface area (Å²) in [6.07, 6.45) is 1.61. The van der Waals surface area contributed by atoms with Crippen LogP contribution in [0.15, 0.2) is 48.7 Å². The summed E-state index contributed by atoms with van der Waals surface area (Å²) in [5.74, 6) is -1.31. The van der Waals surface area contributed by atoms with Gasteiger partial charge in [-0.3, -0.25) is 20.4 Å². The molecule has 0 unspecified atom stereocenters. The molecule has 0 bridgehead atoms. The van der Waals surface area contributed by atoms with E-state index in [9.17, 15) is 14.0 Å². The first-order valence-corrected chi connectivity index (χ1v) is 7.67. The lowest BCUT2D eigenvalue weighted by Crippen LogP contribution is -2.41. The highest BCUT2D eigenvalue weighted by molar-refractivity contribution is 5.99. The zero-order valence-corrected chi connectivity index (χ0v) is 13.8. The second-order valence-corrected chi connectivity index (χ2v) is 5.56. The van der Waals surface area contributed by atoms with E-state index in [2.05, 4.69) is 15.8 Å². The maximum atomic E-state index is 14.1. The van der Waals surface area contributed by atoms with Crippen molar-refractivity contribution in [1.82, 2.24) is 20.4 Å². The number of nitrogens with one attached hydrogen (secondary N) is 3. The van der Waals surface area contributed by atoms with Crippen molar-refractivity contribution in [3.63, 3.8) is 0 Å². The van der Waals surface area contributed by atoms with Gasteiger partial charge in [-0.15, -0.1) is 0 Å². The Hall–Kier alpha value is -3.35. The van der Waals surface area contributed by atoms with Gasteiger partial charge in [0.1, 0.15) is 11.5 Å². The molecule has 2 aromatic heterocycles. The number of amides is 2. The van der Waals surface area contributed by atoms with E-state index in [0.29, 0.717) is 28.3 Å². The van der Waals surface area contributed by atoms with E-state index in [1.807, 2.05) is 0 Å². The van der Waals surface area contributed by atoms with E-state index in [1.165, 1.54) is 6.07 Å². The SMILES string of the molecule is Cc1cc(C(=O)NNC(=O)c2ccc[nH]2)c(C)n1-c1ccccc1F. The molecule has 0 radical (unpaired) electrons. The van der Waals surface area contributed by atoms with Gasteiger partial charge >= 0.3 is 0 Å². The number of carbonyl (C=O) groups excluding carboxylic acids is 2. The van der Waals surface area contributed by atoms with Crippen LogP contribution in [-0.4, -0.2) is 21.4 Å². The molecule has 0 aliphatic rings. The number of hydrazine groups is 1. The lowest BCUT2D eigenvalue weighted by molar-refractivity contribution is 0.0844. The Morgan fingerprint density at radius 3 is 2.44 bits per heavy atom. The van der Waals surface area contributed by atoms with Crippen molar-refractivity contribution in [2.24, 2.45) is 0 Å². The van der Waals surface area contributed by atoms with Gasteiger partial charge in [0.2, 0.25) is 0 Å². The van der Waals surface area contributed by atoms with Gasteiger partial charge in [-0.1, -0.05) is 12.1 Å². The van der Waals surface area contributed by atoms with Crippen molar-refractivity contribution in [2.45, 2.75) is 13.8 Å². The number of hydrogen-bond donors (Lipinski definition) is 3. The Labute approximate surface area is 143 Å². The number of aromatic nitrogens is 2. The Kier molecular flexibility index (Phi) is 4.38. The summed E-state index contributed by atoms with van der Waals surface area (Å²) in [7, 11) is 0. The molecule has 0 atom stereocenters. The van der Waals surface area contributed by atoms with Crippen LogP contribution in [0.3, 0.4) is 0 Å². The normalized spacial score (nSPS) is 10.5. The second kappa shape index (κ2) is 6.64. The Morgan fingerprint density at radius 2 is 1.76 bits per heavy atom. The minimum atomic E-state index is -0.476. The average Bonchev–Trinajstić information content (AvgIpc) is 3.22. The largest absolute Gasteiger partial charge is 0.357 e. The number of carbonyl (C=O) groups is 2. The zero-order valence-electron chi connectivity index (χ0n) is 13.8. The monoisotopic (exact) mass is 340 g/mol. The summed E-state index contributed by atoms with van der Waals surface area (Å²) in [6, 6.07) is 11.3. The first-order valence-electron chi connectivity index (χ1n) is 7.67. The van der Waals surface area contributed by atoms with Gasteiger partial charge in [-0.2, -0.15) is 0 Å². The minimum absolute atomic E-state index is 0.331. The molecule has 0 aliphatic carbocycles. The molecule has 2 heterocycles. The molecule has 128 valence electrons. The van der Waals surface area contributed by atoms with Crippen LogP contribution in [0, 0.1) is 19.7 Å². The molecular formula is C18H17FN4O2. The van der Waals surface area contributed by atoms with Crippen LogP contribution in [0.4, 0.5) is 4.39 Å². The van der Waals surface area contributed by atoms with E-state index < -0.39 is 11.8 Å². The summed E-state index contributed by atoms with van der Waals surface area (Å²) < 4.78 is 15.7. The Morgan fingerprint density at radius 1 is 1.04 bits per heavy atom. The van der Waals surface area contributed by atoms with Crippen LogP contribution in [0.5, 0.6) is 0 Å². The molecule has 0 aliphatic heterocycles. The number of aryl methyl sites for hydroxylation is 1. The minimum Gasteiger partial charge on any atom is -0.357 e. The predicted octanol–water partition coefficient (Wildman–Crippen LogP) is 2.64. The van der Waals surface area contributed by atoms with Gasteiger partial charge in [0, 0.05) is 17.6 Å². The standard InChI is InChI=1S/C18H17FN4O2/c1-11-10-13(12(2)23(11)16-8-4-3-6-14(16)19)17(24)21-22-18(25)15-7-5-9-20-15/h3-10,20H,1-2H3,(H,21,24)(H,22,25). The molecular weight excluding hydrogens is 323 g/mol. The second-order valence-electron chi connectivity index (χ2n) is 5.56. The molecule has 3 rings (SSSR count).